The van der Waals surface area contributed by atoms with E-state index >= 15 is 0 Å². The van der Waals surface area contributed by atoms with Crippen molar-refractivity contribution >= 4 is 33.8 Å². The summed E-state index contributed by atoms with van der Waals surface area (Å²) in [6, 6.07) is 9.35. The van der Waals surface area contributed by atoms with Crippen LogP contribution in [0.5, 0.6) is 11.5 Å². The third kappa shape index (κ3) is 7.15. The first-order valence-electron chi connectivity index (χ1n) is 8.09. The minimum atomic E-state index is -4.51. The first-order valence-corrected chi connectivity index (χ1v) is 8.89. The number of benzene rings is 2. The third-order valence-corrected chi connectivity index (χ3v) is 3.96. The van der Waals surface area contributed by atoms with Gasteiger partial charge in [0.15, 0.2) is 6.61 Å². The molecule has 0 heterocycles. The molecule has 0 aliphatic carbocycles. The highest BCUT2D eigenvalue weighted by Gasteiger charge is 2.30. The van der Waals surface area contributed by atoms with Crippen molar-refractivity contribution in [2.24, 2.45) is 0 Å². The highest BCUT2D eigenvalue weighted by atomic mass is 79.9. The van der Waals surface area contributed by atoms with Crippen molar-refractivity contribution in [1.29, 1.82) is 0 Å². The Morgan fingerprint density at radius 1 is 1.14 bits per heavy atom. The van der Waals surface area contributed by atoms with Crippen LogP contribution in [0.4, 0.5) is 13.2 Å². The van der Waals surface area contributed by atoms with Crippen LogP contribution < -0.4 is 20.3 Å². The predicted octanol–water partition coefficient (Wildman–Crippen LogP) is 3.72. The lowest BCUT2D eigenvalue weighted by Gasteiger charge is -2.10. The van der Waals surface area contributed by atoms with E-state index < -0.39 is 30.2 Å². The topological polar surface area (TPSA) is 76.7 Å². The second kappa shape index (κ2) is 9.97. The normalized spacial score (nSPS) is 11.2. The fourth-order valence-corrected chi connectivity index (χ4v) is 2.50. The van der Waals surface area contributed by atoms with Gasteiger partial charge in [-0.25, -0.2) is 0 Å². The summed E-state index contributed by atoms with van der Waals surface area (Å²) in [4.78, 5) is 23.5. The summed E-state index contributed by atoms with van der Waals surface area (Å²) in [5.74, 6) is -0.942. The van der Waals surface area contributed by atoms with Gasteiger partial charge in [-0.05, 0) is 42.5 Å². The fourth-order valence-electron chi connectivity index (χ4n) is 2.12. The molecule has 0 radical (unpaired) electrons. The molecule has 0 unspecified atom stereocenters. The molecule has 0 aliphatic rings. The van der Waals surface area contributed by atoms with Crippen LogP contribution >= 0.6 is 15.9 Å². The second-order valence-corrected chi connectivity index (χ2v) is 6.49. The van der Waals surface area contributed by atoms with Gasteiger partial charge in [0.1, 0.15) is 11.5 Å². The SMILES string of the molecule is COc1ccc(Br)cc1/C=C/C(=O)NNC(=O)COc1cccc(C(F)(F)F)c1. The summed E-state index contributed by atoms with van der Waals surface area (Å²) in [6.07, 6.45) is -1.85. The van der Waals surface area contributed by atoms with Gasteiger partial charge in [-0.1, -0.05) is 22.0 Å². The molecule has 29 heavy (non-hydrogen) atoms. The van der Waals surface area contributed by atoms with E-state index in [0.29, 0.717) is 11.3 Å². The number of hydrogen-bond acceptors (Lipinski definition) is 4. The monoisotopic (exact) mass is 472 g/mol. The molecule has 0 saturated heterocycles. The molecular formula is C19H16BrF3N2O4. The maximum atomic E-state index is 12.6. The Morgan fingerprint density at radius 2 is 1.90 bits per heavy atom. The van der Waals surface area contributed by atoms with E-state index in [1.54, 1.807) is 18.2 Å². The van der Waals surface area contributed by atoms with Crippen LogP contribution in [0.15, 0.2) is 53.0 Å². The van der Waals surface area contributed by atoms with Crippen LogP contribution in [0, 0.1) is 0 Å². The molecule has 10 heteroatoms. The van der Waals surface area contributed by atoms with Gasteiger partial charge in [-0.2, -0.15) is 13.2 Å². The number of rotatable bonds is 6. The molecule has 0 aromatic heterocycles. The third-order valence-electron chi connectivity index (χ3n) is 3.46. The summed E-state index contributed by atoms with van der Waals surface area (Å²) in [6.45, 7) is -0.579. The highest BCUT2D eigenvalue weighted by molar-refractivity contribution is 9.10. The van der Waals surface area contributed by atoms with E-state index in [9.17, 15) is 22.8 Å². The van der Waals surface area contributed by atoms with Crippen LogP contribution in [0.25, 0.3) is 6.08 Å². The number of amides is 2. The lowest BCUT2D eigenvalue weighted by molar-refractivity contribution is -0.137. The molecule has 2 aromatic carbocycles. The van der Waals surface area contributed by atoms with Crippen molar-refractivity contribution in [2.45, 2.75) is 6.18 Å². The van der Waals surface area contributed by atoms with Crippen molar-refractivity contribution in [3.63, 3.8) is 0 Å². The Bertz CT molecular complexity index is 917. The molecule has 2 N–H and O–H groups in total. The largest absolute Gasteiger partial charge is 0.496 e. The molecule has 154 valence electrons. The molecule has 0 aliphatic heterocycles. The van der Waals surface area contributed by atoms with Gasteiger partial charge >= 0.3 is 6.18 Å². The van der Waals surface area contributed by atoms with E-state index in [1.807, 2.05) is 0 Å². The quantitative estimate of drug-likeness (QED) is 0.496. The van der Waals surface area contributed by atoms with Crippen molar-refractivity contribution in [3.8, 4) is 11.5 Å². The predicted molar refractivity (Wildman–Crippen MR) is 103 cm³/mol. The summed E-state index contributed by atoms with van der Waals surface area (Å²) < 4.78 is 48.9. The minimum absolute atomic E-state index is 0.122. The summed E-state index contributed by atoms with van der Waals surface area (Å²) >= 11 is 3.31. The van der Waals surface area contributed by atoms with Crippen LogP contribution in [0.3, 0.4) is 0 Å². The maximum absolute atomic E-state index is 12.6. The first kappa shape index (κ1) is 22.3. The van der Waals surface area contributed by atoms with E-state index in [1.165, 1.54) is 31.4 Å². The number of hydrazine groups is 1. The lowest BCUT2D eigenvalue weighted by Crippen LogP contribution is -2.43. The second-order valence-electron chi connectivity index (χ2n) is 5.57. The molecule has 6 nitrogen and oxygen atoms in total. The molecule has 0 spiro atoms. The number of halogens is 4. The van der Waals surface area contributed by atoms with E-state index in [0.717, 1.165) is 16.6 Å². The molecule has 0 atom stereocenters. The van der Waals surface area contributed by atoms with Gasteiger partial charge in [0.05, 0.1) is 12.7 Å². The van der Waals surface area contributed by atoms with E-state index in [4.69, 9.17) is 9.47 Å². The Kier molecular flexibility index (Phi) is 7.66. The maximum Gasteiger partial charge on any atom is 0.416 e. The summed E-state index contributed by atoms with van der Waals surface area (Å²) in [7, 11) is 1.49. The van der Waals surface area contributed by atoms with Crippen molar-refractivity contribution in [2.75, 3.05) is 13.7 Å². The Morgan fingerprint density at radius 3 is 2.59 bits per heavy atom. The number of alkyl halides is 3. The van der Waals surface area contributed by atoms with Gasteiger partial charge in [-0.3, -0.25) is 20.4 Å². The molecule has 2 aromatic rings. The number of hydrogen-bond donors (Lipinski definition) is 2. The molecule has 0 fully saturated rings. The Hall–Kier alpha value is -3.01. The van der Waals surface area contributed by atoms with Crippen LogP contribution in [0.2, 0.25) is 0 Å². The number of methoxy groups -OCH3 is 1. The standard InChI is InChI=1S/C19H16BrF3N2O4/c1-28-16-7-6-14(20)9-12(16)5-8-17(26)24-25-18(27)11-29-15-4-2-3-13(10-15)19(21,22)23/h2-10H,11H2,1H3,(H,24,26)(H,25,27)/b8-5+. The van der Waals surface area contributed by atoms with Gasteiger partial charge in [-0.15, -0.1) is 0 Å². The molecular weight excluding hydrogens is 457 g/mol. The van der Waals surface area contributed by atoms with Crippen LogP contribution in [-0.2, 0) is 15.8 Å². The van der Waals surface area contributed by atoms with Gasteiger partial charge in [0.2, 0.25) is 0 Å². The summed E-state index contributed by atoms with van der Waals surface area (Å²) in [5, 5.41) is 0. The summed E-state index contributed by atoms with van der Waals surface area (Å²) in [5.41, 5.74) is 3.98. The van der Waals surface area contributed by atoms with Crippen molar-refractivity contribution in [3.05, 3.63) is 64.1 Å². The average Bonchev–Trinajstić information content (AvgIpc) is 2.68. The van der Waals surface area contributed by atoms with Crippen molar-refractivity contribution in [1.82, 2.24) is 10.9 Å². The Balaban J connectivity index is 1.83. The van der Waals surface area contributed by atoms with Gasteiger partial charge < -0.3 is 9.47 Å². The van der Waals surface area contributed by atoms with Gasteiger partial charge in [0.25, 0.3) is 11.8 Å². The number of ether oxygens (including phenoxy) is 2. The van der Waals surface area contributed by atoms with E-state index in [2.05, 4.69) is 26.8 Å². The Labute approximate surface area is 172 Å². The minimum Gasteiger partial charge on any atom is -0.496 e. The number of carbonyl (C=O) groups excluding carboxylic acids is 2. The van der Waals surface area contributed by atoms with Crippen molar-refractivity contribution < 1.29 is 32.2 Å². The van der Waals surface area contributed by atoms with E-state index in [-0.39, 0.29) is 5.75 Å². The zero-order valence-corrected chi connectivity index (χ0v) is 16.6. The van der Waals surface area contributed by atoms with Gasteiger partial charge in [0, 0.05) is 16.1 Å². The fraction of sp³-hybridized carbons (Fsp3) is 0.158. The zero-order valence-electron chi connectivity index (χ0n) is 15.0. The van der Waals surface area contributed by atoms with Crippen LogP contribution in [0.1, 0.15) is 11.1 Å². The molecule has 0 bridgehead atoms. The zero-order chi connectivity index (χ0) is 21.4. The molecule has 0 saturated carbocycles. The van der Waals surface area contributed by atoms with Crippen LogP contribution in [-0.4, -0.2) is 25.5 Å². The number of nitrogens with one attached hydrogen (secondary N) is 2. The molecule has 2 amide bonds. The molecule has 2 rings (SSSR count). The average molecular weight is 473 g/mol. The first-order chi connectivity index (χ1) is 13.7. The smallest absolute Gasteiger partial charge is 0.416 e. The number of carbonyl (C=O) groups is 2. The lowest BCUT2D eigenvalue weighted by atomic mass is 10.2. The highest BCUT2D eigenvalue weighted by Crippen LogP contribution is 2.31.